The summed E-state index contributed by atoms with van der Waals surface area (Å²) in [5.74, 6) is 1.06. The van der Waals surface area contributed by atoms with Crippen LogP contribution in [0.5, 0.6) is 5.75 Å². The molecule has 1 fully saturated rings. The maximum absolute atomic E-state index is 12.5. The Kier molecular flexibility index (Phi) is 7.30. The van der Waals surface area contributed by atoms with Gasteiger partial charge in [-0.25, -0.2) is 0 Å². The van der Waals surface area contributed by atoms with Crippen molar-refractivity contribution in [2.45, 2.75) is 65.3 Å². The Morgan fingerprint density at radius 2 is 1.68 bits per heavy atom. The van der Waals surface area contributed by atoms with Gasteiger partial charge in [0, 0.05) is 24.3 Å². The zero-order valence-corrected chi connectivity index (χ0v) is 16.4. The Bertz CT molecular complexity index is 534. The Labute approximate surface area is 153 Å². The Balaban J connectivity index is 1.81. The molecule has 0 aliphatic carbocycles. The minimum Gasteiger partial charge on any atom is -0.494 e. The summed E-state index contributed by atoms with van der Waals surface area (Å²) in [6, 6.07) is 7.95. The minimum atomic E-state index is 0.0383. The minimum absolute atomic E-state index is 0.0383. The number of anilines is 1. The van der Waals surface area contributed by atoms with Crippen LogP contribution in [0.15, 0.2) is 24.3 Å². The molecule has 1 amide bonds. The van der Waals surface area contributed by atoms with Gasteiger partial charge in [-0.15, -0.1) is 0 Å². The predicted octanol–water partition coefficient (Wildman–Crippen LogP) is 4.48. The van der Waals surface area contributed by atoms with Gasteiger partial charge in [0.25, 0.3) is 0 Å². The molecule has 1 aromatic rings. The second kappa shape index (κ2) is 9.23. The lowest BCUT2D eigenvalue weighted by atomic mass is 10.0. The maximum atomic E-state index is 12.5. The zero-order chi connectivity index (χ0) is 18.3. The highest BCUT2D eigenvalue weighted by Crippen LogP contribution is 2.24. The van der Waals surface area contributed by atoms with E-state index in [1.807, 2.05) is 29.2 Å². The second-order valence-corrected chi connectivity index (χ2v) is 7.89. The van der Waals surface area contributed by atoms with Gasteiger partial charge in [-0.1, -0.05) is 32.6 Å². The Hall–Kier alpha value is -1.55. The number of rotatable bonds is 8. The summed E-state index contributed by atoms with van der Waals surface area (Å²) in [4.78, 5) is 16.6. The van der Waals surface area contributed by atoms with E-state index in [1.54, 1.807) is 0 Å². The van der Waals surface area contributed by atoms with Gasteiger partial charge in [-0.3, -0.25) is 9.69 Å². The van der Waals surface area contributed by atoms with Crippen molar-refractivity contribution in [3.63, 3.8) is 0 Å². The number of piperazine rings is 1. The number of nitrogens with zero attached hydrogens (tertiary/aromatic N) is 2. The van der Waals surface area contributed by atoms with Crippen LogP contribution >= 0.6 is 0 Å². The molecule has 1 heterocycles. The van der Waals surface area contributed by atoms with Crippen molar-refractivity contribution in [2.75, 3.05) is 31.1 Å². The summed E-state index contributed by atoms with van der Waals surface area (Å²) >= 11 is 0. The van der Waals surface area contributed by atoms with Crippen LogP contribution in [-0.4, -0.2) is 42.6 Å². The molecule has 4 heteroatoms. The summed E-state index contributed by atoms with van der Waals surface area (Å²) < 4.78 is 5.81. The van der Waals surface area contributed by atoms with Crippen LogP contribution in [0.1, 0.15) is 59.8 Å². The van der Waals surface area contributed by atoms with Crippen LogP contribution < -0.4 is 9.64 Å². The van der Waals surface area contributed by atoms with Crippen LogP contribution in [0.25, 0.3) is 0 Å². The largest absolute Gasteiger partial charge is 0.494 e. The average Bonchev–Trinajstić information content (AvgIpc) is 2.58. The number of hydrogen-bond acceptors (Lipinski definition) is 3. The molecule has 0 spiro atoms. The maximum Gasteiger partial charge on any atom is 0.241 e. The molecule has 1 aliphatic rings. The molecular weight excluding hydrogens is 312 g/mol. The van der Waals surface area contributed by atoms with Crippen molar-refractivity contribution in [3.8, 4) is 5.75 Å². The molecule has 0 bridgehead atoms. The topological polar surface area (TPSA) is 32.8 Å². The van der Waals surface area contributed by atoms with Gasteiger partial charge in [-0.2, -0.15) is 0 Å². The number of benzene rings is 1. The van der Waals surface area contributed by atoms with Gasteiger partial charge in [0.2, 0.25) is 5.91 Å². The Morgan fingerprint density at radius 3 is 2.28 bits per heavy atom. The van der Waals surface area contributed by atoms with E-state index in [1.165, 1.54) is 25.7 Å². The highest BCUT2D eigenvalue weighted by atomic mass is 16.5. The summed E-state index contributed by atoms with van der Waals surface area (Å²) in [5.41, 5.74) is 1.00. The van der Waals surface area contributed by atoms with E-state index in [-0.39, 0.29) is 11.4 Å². The second-order valence-electron chi connectivity index (χ2n) is 7.89. The number of ether oxygens (including phenoxy) is 1. The third-order valence-electron chi connectivity index (χ3n) is 4.83. The molecule has 0 saturated carbocycles. The molecule has 0 N–H and O–H groups in total. The zero-order valence-electron chi connectivity index (χ0n) is 16.4. The highest BCUT2D eigenvalue weighted by molar-refractivity contribution is 5.95. The van der Waals surface area contributed by atoms with Crippen LogP contribution in [0.3, 0.4) is 0 Å². The van der Waals surface area contributed by atoms with Crippen molar-refractivity contribution >= 4 is 11.6 Å². The van der Waals surface area contributed by atoms with Crippen LogP contribution in [-0.2, 0) is 4.79 Å². The van der Waals surface area contributed by atoms with Gasteiger partial charge < -0.3 is 9.64 Å². The van der Waals surface area contributed by atoms with E-state index < -0.39 is 0 Å². The average molecular weight is 347 g/mol. The number of amides is 1. The van der Waals surface area contributed by atoms with Gasteiger partial charge in [0.1, 0.15) is 5.75 Å². The molecule has 1 aliphatic heterocycles. The first-order chi connectivity index (χ1) is 11.9. The van der Waals surface area contributed by atoms with Crippen molar-refractivity contribution in [1.29, 1.82) is 0 Å². The smallest absolute Gasteiger partial charge is 0.241 e. The molecule has 0 unspecified atom stereocenters. The number of carbonyl (C=O) groups excluding carboxylic acids is 1. The summed E-state index contributed by atoms with van der Waals surface area (Å²) in [5, 5.41) is 0. The predicted molar refractivity (Wildman–Crippen MR) is 104 cm³/mol. The molecule has 0 atom stereocenters. The number of hydrogen-bond donors (Lipinski definition) is 0. The van der Waals surface area contributed by atoms with Crippen molar-refractivity contribution < 1.29 is 9.53 Å². The number of unbranched alkanes of at least 4 members (excludes halogenated alkanes) is 4. The SMILES string of the molecule is CCCCCCCOc1ccc(N2CCN(C(C)(C)C)CC2=O)cc1. The first-order valence-corrected chi connectivity index (χ1v) is 9.70. The van der Waals surface area contributed by atoms with Gasteiger partial charge in [0.15, 0.2) is 0 Å². The van der Waals surface area contributed by atoms with Crippen molar-refractivity contribution in [2.24, 2.45) is 0 Å². The molecule has 2 rings (SSSR count). The Morgan fingerprint density at radius 1 is 1.00 bits per heavy atom. The van der Waals surface area contributed by atoms with E-state index in [2.05, 4.69) is 32.6 Å². The fourth-order valence-electron chi connectivity index (χ4n) is 3.14. The fourth-order valence-corrected chi connectivity index (χ4v) is 3.14. The summed E-state index contributed by atoms with van der Waals surface area (Å²) in [6.07, 6.45) is 6.21. The molecule has 1 saturated heterocycles. The first-order valence-electron chi connectivity index (χ1n) is 9.70. The van der Waals surface area contributed by atoms with Crippen LogP contribution in [0.4, 0.5) is 5.69 Å². The van der Waals surface area contributed by atoms with Gasteiger partial charge in [0.05, 0.1) is 13.2 Å². The third-order valence-corrected chi connectivity index (χ3v) is 4.83. The molecule has 140 valence electrons. The van der Waals surface area contributed by atoms with Crippen LogP contribution in [0.2, 0.25) is 0 Å². The molecule has 4 nitrogen and oxygen atoms in total. The monoisotopic (exact) mass is 346 g/mol. The quantitative estimate of drug-likeness (QED) is 0.651. The lowest BCUT2D eigenvalue weighted by Crippen LogP contribution is -2.56. The van der Waals surface area contributed by atoms with E-state index >= 15 is 0 Å². The standard InChI is InChI=1S/C21H34N2O2/c1-5-6-7-8-9-16-25-19-12-10-18(11-13-19)23-15-14-22(17-20(23)24)21(2,3)4/h10-13H,5-9,14-17H2,1-4H3. The first kappa shape index (κ1) is 19.8. The van der Waals surface area contributed by atoms with E-state index in [0.717, 1.165) is 37.6 Å². The van der Waals surface area contributed by atoms with Gasteiger partial charge >= 0.3 is 0 Å². The van der Waals surface area contributed by atoms with Crippen LogP contribution in [0, 0.1) is 0 Å². The fraction of sp³-hybridized carbons (Fsp3) is 0.667. The summed E-state index contributed by atoms with van der Waals surface area (Å²) in [6.45, 7) is 11.6. The molecule has 1 aromatic carbocycles. The van der Waals surface area contributed by atoms with E-state index in [4.69, 9.17) is 4.74 Å². The highest BCUT2D eigenvalue weighted by Gasteiger charge is 2.31. The lowest BCUT2D eigenvalue weighted by Gasteiger charge is -2.41. The molecule has 0 aromatic heterocycles. The lowest BCUT2D eigenvalue weighted by molar-refractivity contribution is -0.122. The third kappa shape index (κ3) is 6.03. The van der Waals surface area contributed by atoms with E-state index in [9.17, 15) is 4.79 Å². The molecule has 0 radical (unpaired) electrons. The normalized spacial score (nSPS) is 16.3. The molecular formula is C21H34N2O2. The summed E-state index contributed by atoms with van der Waals surface area (Å²) in [7, 11) is 0. The number of carbonyl (C=O) groups is 1. The van der Waals surface area contributed by atoms with Crippen molar-refractivity contribution in [1.82, 2.24) is 4.90 Å². The molecule has 25 heavy (non-hydrogen) atoms. The van der Waals surface area contributed by atoms with Crippen molar-refractivity contribution in [3.05, 3.63) is 24.3 Å². The van der Waals surface area contributed by atoms with E-state index in [0.29, 0.717) is 6.54 Å². The van der Waals surface area contributed by atoms with Gasteiger partial charge in [-0.05, 0) is 51.5 Å².